The smallest absolute Gasteiger partial charge is 0.190 e. The van der Waals surface area contributed by atoms with Crippen LogP contribution in [0.5, 0.6) is 0 Å². The van der Waals surface area contributed by atoms with Crippen molar-refractivity contribution in [1.82, 2.24) is 10.6 Å². The van der Waals surface area contributed by atoms with Gasteiger partial charge < -0.3 is 20.1 Å². The number of aliphatic imine (C=N–C) groups is 1. The Bertz CT molecular complexity index is 381. The molecule has 2 aliphatic carbocycles. The maximum Gasteiger partial charge on any atom is 0.190 e. The van der Waals surface area contributed by atoms with E-state index in [1.54, 1.807) is 7.11 Å². The van der Waals surface area contributed by atoms with Crippen LogP contribution in [-0.2, 0) is 9.47 Å². The highest BCUT2D eigenvalue weighted by Gasteiger charge is 2.33. The number of nitrogens with zero attached hydrogens (tertiary/aromatic N) is 1. The van der Waals surface area contributed by atoms with E-state index in [2.05, 4.69) is 15.6 Å². The quantitative estimate of drug-likeness (QED) is 0.214. The highest BCUT2D eigenvalue weighted by atomic mass is 127. The Morgan fingerprint density at radius 3 is 2.42 bits per heavy atom. The van der Waals surface area contributed by atoms with Gasteiger partial charge in [0.2, 0.25) is 0 Å². The Morgan fingerprint density at radius 2 is 1.77 bits per heavy atom. The van der Waals surface area contributed by atoms with E-state index >= 15 is 0 Å². The first-order chi connectivity index (χ1) is 12.3. The molecule has 0 spiro atoms. The standard InChI is InChI=1S/C20H39N3O2.HI/c1-21-19(22-14-8-15-25-18-9-4-3-5-10-18)23-17-20(13-16-24-2)11-6-7-12-20;/h18H,3-17H2,1-2H3,(H2,21,22,23);1H. The zero-order valence-electron chi connectivity index (χ0n) is 16.9. The van der Waals surface area contributed by atoms with Crippen molar-refractivity contribution in [2.45, 2.75) is 76.7 Å². The minimum atomic E-state index is 0. The van der Waals surface area contributed by atoms with E-state index in [4.69, 9.17) is 9.47 Å². The van der Waals surface area contributed by atoms with E-state index in [0.29, 0.717) is 11.5 Å². The lowest BCUT2D eigenvalue weighted by molar-refractivity contribution is 0.0277. The molecule has 2 fully saturated rings. The highest BCUT2D eigenvalue weighted by molar-refractivity contribution is 14.0. The average molecular weight is 481 g/mol. The molecule has 0 atom stereocenters. The normalized spacial score (nSPS) is 20.6. The molecule has 0 amide bonds. The Hall–Kier alpha value is -0.0800. The summed E-state index contributed by atoms with van der Waals surface area (Å²) in [5.74, 6) is 0.918. The predicted molar refractivity (Wildman–Crippen MR) is 120 cm³/mol. The van der Waals surface area contributed by atoms with Crippen LogP contribution in [0.25, 0.3) is 0 Å². The Morgan fingerprint density at radius 1 is 1.04 bits per heavy atom. The zero-order valence-corrected chi connectivity index (χ0v) is 19.2. The first kappa shape index (κ1) is 24.0. The van der Waals surface area contributed by atoms with E-state index < -0.39 is 0 Å². The fraction of sp³-hybridized carbons (Fsp3) is 0.950. The number of halogens is 1. The van der Waals surface area contributed by atoms with Crippen LogP contribution < -0.4 is 10.6 Å². The SMILES string of the molecule is CN=C(NCCCOC1CCCCC1)NCC1(CCOC)CCCC1.I. The Kier molecular flexibility index (Phi) is 12.9. The highest BCUT2D eigenvalue weighted by Crippen LogP contribution is 2.40. The molecule has 0 heterocycles. The molecule has 0 unspecified atom stereocenters. The van der Waals surface area contributed by atoms with Crippen molar-refractivity contribution in [2.75, 3.05) is 40.5 Å². The van der Waals surface area contributed by atoms with Gasteiger partial charge >= 0.3 is 0 Å². The summed E-state index contributed by atoms with van der Waals surface area (Å²) in [5, 5.41) is 6.98. The number of guanidine groups is 1. The van der Waals surface area contributed by atoms with Crippen molar-refractivity contribution >= 4 is 29.9 Å². The number of rotatable bonds is 10. The van der Waals surface area contributed by atoms with Gasteiger partial charge in [-0.2, -0.15) is 0 Å². The molecule has 0 aromatic heterocycles. The van der Waals surface area contributed by atoms with Crippen LogP contribution in [0, 0.1) is 5.41 Å². The molecule has 0 bridgehead atoms. The summed E-state index contributed by atoms with van der Waals surface area (Å²) in [6.07, 6.45) is 14.5. The van der Waals surface area contributed by atoms with Crippen LogP contribution in [0.1, 0.15) is 70.6 Å². The molecular formula is C20H40IN3O2. The second kappa shape index (κ2) is 14.0. The molecule has 6 heteroatoms. The zero-order chi connectivity index (χ0) is 17.8. The Balaban J connectivity index is 0.00000338. The lowest BCUT2D eigenvalue weighted by Gasteiger charge is -2.30. The summed E-state index contributed by atoms with van der Waals surface area (Å²) >= 11 is 0. The molecule has 0 aromatic rings. The number of methoxy groups -OCH3 is 1. The average Bonchev–Trinajstić information content (AvgIpc) is 3.12. The number of hydrogen-bond donors (Lipinski definition) is 2. The predicted octanol–water partition coefficient (Wildman–Crippen LogP) is 4.11. The van der Waals surface area contributed by atoms with Gasteiger partial charge in [-0.1, -0.05) is 32.1 Å². The van der Waals surface area contributed by atoms with E-state index in [1.807, 2.05) is 7.05 Å². The van der Waals surface area contributed by atoms with Crippen molar-refractivity contribution in [2.24, 2.45) is 10.4 Å². The third kappa shape index (κ3) is 8.74. The van der Waals surface area contributed by atoms with Crippen molar-refractivity contribution in [3.63, 3.8) is 0 Å². The molecule has 2 rings (SSSR count). The van der Waals surface area contributed by atoms with Gasteiger partial charge in [0.15, 0.2) is 5.96 Å². The molecule has 0 aliphatic heterocycles. The van der Waals surface area contributed by atoms with E-state index in [1.165, 1.54) is 57.8 Å². The van der Waals surface area contributed by atoms with Crippen LogP contribution in [0.2, 0.25) is 0 Å². The summed E-state index contributed by atoms with van der Waals surface area (Å²) in [7, 11) is 3.65. The molecule has 0 aromatic carbocycles. The maximum atomic E-state index is 5.99. The van der Waals surface area contributed by atoms with E-state index in [9.17, 15) is 0 Å². The Labute approximate surface area is 177 Å². The van der Waals surface area contributed by atoms with Crippen molar-refractivity contribution in [3.8, 4) is 0 Å². The lowest BCUT2D eigenvalue weighted by atomic mass is 9.83. The molecular weight excluding hydrogens is 441 g/mol. The van der Waals surface area contributed by atoms with Gasteiger partial charge in [0, 0.05) is 40.5 Å². The number of nitrogens with one attached hydrogen (secondary N) is 2. The van der Waals surface area contributed by atoms with Gasteiger partial charge in [-0.3, -0.25) is 4.99 Å². The molecule has 26 heavy (non-hydrogen) atoms. The van der Waals surface area contributed by atoms with E-state index in [0.717, 1.165) is 45.1 Å². The van der Waals surface area contributed by atoms with Crippen LogP contribution in [-0.4, -0.2) is 52.5 Å². The van der Waals surface area contributed by atoms with Gasteiger partial charge in [0.1, 0.15) is 0 Å². The third-order valence-corrected chi connectivity index (χ3v) is 5.87. The van der Waals surface area contributed by atoms with Crippen molar-refractivity contribution in [3.05, 3.63) is 0 Å². The summed E-state index contributed by atoms with van der Waals surface area (Å²) in [5.41, 5.74) is 0.387. The summed E-state index contributed by atoms with van der Waals surface area (Å²) < 4.78 is 11.3. The van der Waals surface area contributed by atoms with Crippen molar-refractivity contribution < 1.29 is 9.47 Å². The fourth-order valence-corrected chi connectivity index (χ4v) is 4.21. The lowest BCUT2D eigenvalue weighted by Crippen LogP contribution is -2.43. The first-order valence-electron chi connectivity index (χ1n) is 10.3. The third-order valence-electron chi connectivity index (χ3n) is 5.87. The van der Waals surface area contributed by atoms with Gasteiger partial charge in [-0.05, 0) is 43.9 Å². The van der Waals surface area contributed by atoms with Crippen LogP contribution >= 0.6 is 24.0 Å². The summed E-state index contributed by atoms with van der Waals surface area (Å²) in [6, 6.07) is 0. The molecule has 2 N–H and O–H groups in total. The largest absolute Gasteiger partial charge is 0.385 e. The number of hydrogen-bond acceptors (Lipinski definition) is 3. The van der Waals surface area contributed by atoms with Gasteiger partial charge in [0.25, 0.3) is 0 Å². The molecule has 2 saturated carbocycles. The monoisotopic (exact) mass is 481 g/mol. The summed E-state index contributed by atoms with van der Waals surface area (Å²) in [4.78, 5) is 4.37. The van der Waals surface area contributed by atoms with Gasteiger partial charge in [0.05, 0.1) is 6.10 Å². The first-order valence-corrected chi connectivity index (χ1v) is 10.3. The fourth-order valence-electron chi connectivity index (χ4n) is 4.21. The van der Waals surface area contributed by atoms with Gasteiger partial charge in [-0.15, -0.1) is 24.0 Å². The van der Waals surface area contributed by atoms with Crippen LogP contribution in [0.3, 0.4) is 0 Å². The molecule has 2 aliphatic rings. The molecule has 0 radical (unpaired) electrons. The molecule has 5 nitrogen and oxygen atoms in total. The maximum absolute atomic E-state index is 5.99. The topological polar surface area (TPSA) is 54.9 Å². The van der Waals surface area contributed by atoms with E-state index in [-0.39, 0.29) is 24.0 Å². The second-order valence-corrected chi connectivity index (χ2v) is 7.79. The second-order valence-electron chi connectivity index (χ2n) is 7.79. The van der Waals surface area contributed by atoms with Gasteiger partial charge in [-0.25, -0.2) is 0 Å². The van der Waals surface area contributed by atoms with Crippen molar-refractivity contribution in [1.29, 1.82) is 0 Å². The minimum Gasteiger partial charge on any atom is -0.385 e. The van der Waals surface area contributed by atoms with Crippen LogP contribution in [0.4, 0.5) is 0 Å². The summed E-state index contributed by atoms with van der Waals surface area (Å²) in [6.45, 7) is 3.62. The molecule has 0 saturated heterocycles. The minimum absolute atomic E-state index is 0. The van der Waals surface area contributed by atoms with Crippen LogP contribution in [0.15, 0.2) is 4.99 Å². The molecule has 154 valence electrons. The number of ether oxygens (including phenoxy) is 2.